The summed E-state index contributed by atoms with van der Waals surface area (Å²) in [5, 5.41) is 54.2. The third kappa shape index (κ3) is 36.0. The number of amides is 1. The van der Waals surface area contributed by atoms with Gasteiger partial charge in [-0.15, -0.1) is 0 Å². The summed E-state index contributed by atoms with van der Waals surface area (Å²) in [6.07, 6.45) is 63.7. The molecule has 1 rings (SSSR count). The van der Waals surface area contributed by atoms with Crippen molar-refractivity contribution in [1.82, 2.24) is 5.32 Å². The highest BCUT2D eigenvalue weighted by Crippen LogP contribution is 2.22. The Hall–Kier alpha value is -3.67. The second kappa shape index (κ2) is 46.1. The maximum absolute atomic E-state index is 13.0. The Bertz CT molecular complexity index is 1500. The number of unbranched alkanes of at least 4 members (excludes halogenated alkanes) is 11. The van der Waals surface area contributed by atoms with Crippen molar-refractivity contribution in [1.29, 1.82) is 0 Å². The standard InChI is InChI=1S/C58H93NO8/c1-3-5-7-9-11-13-15-16-17-18-19-20-21-22-23-24-25-26-27-28-29-30-31-32-33-34-35-36-38-40-42-44-46-48-54(62)59-51(50-66-58-57(65)56(64)55(63)53(49-60)67-58)52(61)47-45-43-41-39-37-14-12-10-8-6-4-2/h5,7,11,13,16-17,19-20,22-23,25-26,28-29,31-32,34-35,37,39,45,47,51-53,55-58,60-61,63-65H,3-4,6,8-10,12,14-15,18,21,24,27,30,33,36,38,40-44,46,48-50H2,1-2H3,(H,59,62)/b7-5-,13-11-,17-16-,20-19-,23-22-,26-25-,29-28-,32-31-,35-34-,39-37+,47-45+. The van der Waals surface area contributed by atoms with Crippen molar-refractivity contribution in [3.05, 3.63) is 134 Å². The molecule has 378 valence electrons. The first-order valence-electron chi connectivity index (χ1n) is 25.9. The zero-order valence-corrected chi connectivity index (χ0v) is 41.6. The van der Waals surface area contributed by atoms with Gasteiger partial charge in [-0.2, -0.15) is 0 Å². The molecule has 0 spiro atoms. The average Bonchev–Trinajstić information content (AvgIpc) is 3.33. The van der Waals surface area contributed by atoms with Crippen LogP contribution in [0.5, 0.6) is 0 Å². The van der Waals surface area contributed by atoms with E-state index < -0.39 is 49.5 Å². The van der Waals surface area contributed by atoms with E-state index in [1.807, 2.05) is 6.08 Å². The lowest BCUT2D eigenvalue weighted by Crippen LogP contribution is -2.60. The van der Waals surface area contributed by atoms with Crippen LogP contribution in [0.3, 0.4) is 0 Å². The number of carbonyl (C=O) groups is 1. The Morgan fingerprint density at radius 3 is 1.43 bits per heavy atom. The minimum atomic E-state index is -1.58. The van der Waals surface area contributed by atoms with Gasteiger partial charge in [0, 0.05) is 6.42 Å². The van der Waals surface area contributed by atoms with Crippen molar-refractivity contribution < 1.29 is 39.8 Å². The molecule has 0 aliphatic carbocycles. The smallest absolute Gasteiger partial charge is 0.220 e. The maximum Gasteiger partial charge on any atom is 0.220 e. The monoisotopic (exact) mass is 932 g/mol. The molecule has 0 bridgehead atoms. The summed E-state index contributed by atoms with van der Waals surface area (Å²) >= 11 is 0. The lowest BCUT2D eigenvalue weighted by molar-refractivity contribution is -0.302. The van der Waals surface area contributed by atoms with Crippen molar-refractivity contribution in [3.63, 3.8) is 0 Å². The Morgan fingerprint density at radius 1 is 0.522 bits per heavy atom. The SMILES string of the molecule is CC/C=C\C/C=C\C/C=C\C/C=C\C/C=C\C/C=C\C/C=C\C/C=C\C/C=C\CCCCCCCC(=O)NC(COC1OC(CO)C(O)C(O)C1O)C(O)/C=C/CC/C=C/CCCCCCC. The summed E-state index contributed by atoms with van der Waals surface area (Å²) in [6.45, 7) is 3.57. The molecular formula is C58H93NO8. The van der Waals surface area contributed by atoms with Gasteiger partial charge in [0.2, 0.25) is 5.91 Å². The molecule has 0 radical (unpaired) electrons. The summed E-state index contributed by atoms with van der Waals surface area (Å²) in [5.74, 6) is -0.215. The van der Waals surface area contributed by atoms with Gasteiger partial charge in [-0.05, 0) is 103 Å². The summed E-state index contributed by atoms with van der Waals surface area (Å²) in [7, 11) is 0. The van der Waals surface area contributed by atoms with Gasteiger partial charge in [-0.25, -0.2) is 0 Å². The number of aliphatic hydroxyl groups is 5. The highest BCUT2D eigenvalue weighted by atomic mass is 16.7. The van der Waals surface area contributed by atoms with Crippen molar-refractivity contribution in [2.45, 2.75) is 211 Å². The van der Waals surface area contributed by atoms with E-state index in [1.165, 1.54) is 32.1 Å². The number of hydrogen-bond donors (Lipinski definition) is 6. The summed E-state index contributed by atoms with van der Waals surface area (Å²) in [5.41, 5.74) is 0. The molecule has 7 unspecified atom stereocenters. The van der Waals surface area contributed by atoms with Crippen LogP contribution < -0.4 is 5.32 Å². The van der Waals surface area contributed by atoms with Crippen LogP contribution in [0, 0.1) is 0 Å². The highest BCUT2D eigenvalue weighted by molar-refractivity contribution is 5.76. The van der Waals surface area contributed by atoms with Gasteiger partial charge in [0.05, 0.1) is 25.4 Å². The second-order valence-electron chi connectivity index (χ2n) is 17.2. The third-order valence-electron chi connectivity index (χ3n) is 11.2. The number of hydrogen-bond acceptors (Lipinski definition) is 8. The van der Waals surface area contributed by atoms with Crippen LogP contribution >= 0.6 is 0 Å². The molecule has 0 aromatic rings. The summed E-state index contributed by atoms with van der Waals surface area (Å²) in [4.78, 5) is 13.0. The molecule has 1 aliphatic rings. The molecule has 1 amide bonds. The Kier molecular flexibility index (Phi) is 42.2. The first kappa shape index (κ1) is 61.3. The molecule has 67 heavy (non-hydrogen) atoms. The van der Waals surface area contributed by atoms with Crippen LogP contribution in [0.2, 0.25) is 0 Å². The maximum atomic E-state index is 13.0. The molecule has 0 aromatic carbocycles. The van der Waals surface area contributed by atoms with Gasteiger partial charge >= 0.3 is 0 Å². The summed E-state index contributed by atoms with van der Waals surface area (Å²) < 4.78 is 11.2. The fraction of sp³-hybridized carbons (Fsp3) is 0.603. The van der Waals surface area contributed by atoms with Crippen molar-refractivity contribution >= 4 is 5.91 Å². The molecule has 0 aromatic heterocycles. The van der Waals surface area contributed by atoms with Crippen LogP contribution in [0.25, 0.3) is 0 Å². The van der Waals surface area contributed by atoms with E-state index in [0.717, 1.165) is 116 Å². The quantitative estimate of drug-likeness (QED) is 0.0262. The van der Waals surface area contributed by atoms with E-state index in [2.05, 4.69) is 141 Å². The fourth-order valence-electron chi connectivity index (χ4n) is 7.10. The molecule has 9 heteroatoms. The molecular weight excluding hydrogens is 839 g/mol. The highest BCUT2D eigenvalue weighted by Gasteiger charge is 2.44. The Balaban J connectivity index is 2.25. The minimum absolute atomic E-state index is 0.215. The zero-order chi connectivity index (χ0) is 48.7. The predicted molar refractivity (Wildman–Crippen MR) is 280 cm³/mol. The molecule has 1 fully saturated rings. The topological polar surface area (TPSA) is 149 Å². The third-order valence-corrected chi connectivity index (χ3v) is 11.2. The molecule has 9 nitrogen and oxygen atoms in total. The normalized spacial score (nSPS) is 20.9. The molecule has 6 N–H and O–H groups in total. The zero-order valence-electron chi connectivity index (χ0n) is 41.6. The predicted octanol–water partition coefficient (Wildman–Crippen LogP) is 12.2. The minimum Gasteiger partial charge on any atom is -0.394 e. The molecule has 1 heterocycles. The largest absolute Gasteiger partial charge is 0.394 e. The van der Waals surface area contributed by atoms with E-state index in [9.17, 15) is 30.3 Å². The number of ether oxygens (including phenoxy) is 2. The number of rotatable bonds is 41. The van der Waals surface area contributed by atoms with Gasteiger partial charge in [0.25, 0.3) is 0 Å². The van der Waals surface area contributed by atoms with E-state index in [-0.39, 0.29) is 12.5 Å². The molecule has 1 aliphatic heterocycles. The van der Waals surface area contributed by atoms with Crippen LogP contribution in [-0.2, 0) is 14.3 Å². The number of aliphatic hydroxyl groups excluding tert-OH is 5. The van der Waals surface area contributed by atoms with Crippen LogP contribution in [0.15, 0.2) is 134 Å². The van der Waals surface area contributed by atoms with E-state index in [0.29, 0.717) is 6.42 Å². The lowest BCUT2D eigenvalue weighted by atomic mass is 9.99. The molecule has 1 saturated heterocycles. The Labute approximate surface area is 407 Å². The van der Waals surface area contributed by atoms with Gasteiger partial charge in [0.1, 0.15) is 24.4 Å². The van der Waals surface area contributed by atoms with Gasteiger partial charge < -0.3 is 40.3 Å². The molecule has 0 saturated carbocycles. The lowest BCUT2D eigenvalue weighted by Gasteiger charge is -2.40. The van der Waals surface area contributed by atoms with E-state index in [4.69, 9.17) is 9.47 Å². The van der Waals surface area contributed by atoms with E-state index in [1.54, 1.807) is 6.08 Å². The molecule has 7 atom stereocenters. The van der Waals surface area contributed by atoms with Gasteiger partial charge in [0.15, 0.2) is 6.29 Å². The second-order valence-corrected chi connectivity index (χ2v) is 17.2. The van der Waals surface area contributed by atoms with Gasteiger partial charge in [-0.1, -0.05) is 192 Å². The van der Waals surface area contributed by atoms with Crippen molar-refractivity contribution in [3.8, 4) is 0 Å². The number of carbonyl (C=O) groups excluding carboxylic acids is 1. The van der Waals surface area contributed by atoms with E-state index >= 15 is 0 Å². The van der Waals surface area contributed by atoms with Crippen molar-refractivity contribution in [2.75, 3.05) is 13.2 Å². The van der Waals surface area contributed by atoms with Gasteiger partial charge in [-0.3, -0.25) is 4.79 Å². The Morgan fingerprint density at radius 2 is 0.940 bits per heavy atom. The number of nitrogens with one attached hydrogen (secondary N) is 1. The first-order valence-corrected chi connectivity index (χ1v) is 25.9. The van der Waals surface area contributed by atoms with Crippen LogP contribution in [0.4, 0.5) is 0 Å². The van der Waals surface area contributed by atoms with Crippen molar-refractivity contribution in [2.24, 2.45) is 0 Å². The first-order chi connectivity index (χ1) is 32.8. The van der Waals surface area contributed by atoms with Crippen LogP contribution in [-0.4, -0.2) is 87.5 Å². The van der Waals surface area contributed by atoms with Crippen LogP contribution in [0.1, 0.15) is 168 Å². The number of allylic oxidation sites excluding steroid dienone is 21. The summed E-state index contributed by atoms with van der Waals surface area (Å²) in [6, 6.07) is -0.841. The fourth-order valence-corrected chi connectivity index (χ4v) is 7.10. The average molecular weight is 932 g/mol.